The Bertz CT molecular complexity index is 1180. The number of esters is 1. The molecule has 30 heavy (non-hydrogen) atoms. The van der Waals surface area contributed by atoms with Gasteiger partial charge in [0.1, 0.15) is 5.75 Å². The van der Waals surface area contributed by atoms with Crippen molar-refractivity contribution in [3.8, 4) is 16.9 Å². The number of ether oxygens (including phenoxy) is 2. The van der Waals surface area contributed by atoms with Crippen molar-refractivity contribution < 1.29 is 14.3 Å². The van der Waals surface area contributed by atoms with Gasteiger partial charge in [0.05, 0.1) is 19.8 Å². The van der Waals surface area contributed by atoms with Crippen LogP contribution in [0.4, 0.5) is 11.4 Å². The minimum Gasteiger partial charge on any atom is -0.497 e. The van der Waals surface area contributed by atoms with Crippen molar-refractivity contribution in [1.29, 1.82) is 0 Å². The van der Waals surface area contributed by atoms with E-state index in [0.29, 0.717) is 5.56 Å². The highest BCUT2D eigenvalue weighted by molar-refractivity contribution is 6.03. The lowest BCUT2D eigenvalue weighted by Crippen LogP contribution is -2.10. The molecule has 150 valence electrons. The highest BCUT2D eigenvalue weighted by Gasteiger charge is 2.14. The molecule has 0 saturated heterocycles. The molecule has 4 aromatic rings. The lowest BCUT2D eigenvalue weighted by Gasteiger charge is -2.23. The number of para-hydroxylation sites is 1. The summed E-state index contributed by atoms with van der Waals surface area (Å²) in [5, 5.41) is 2.04. The molecule has 0 amide bonds. The summed E-state index contributed by atoms with van der Waals surface area (Å²) >= 11 is 0. The molecule has 0 aliphatic carbocycles. The van der Waals surface area contributed by atoms with E-state index in [4.69, 9.17) is 9.47 Å². The third-order valence-corrected chi connectivity index (χ3v) is 5.28. The van der Waals surface area contributed by atoms with Crippen molar-refractivity contribution in [2.75, 3.05) is 26.2 Å². The normalized spacial score (nSPS) is 10.6. The average molecular weight is 397 g/mol. The first kappa shape index (κ1) is 19.5. The molecule has 4 rings (SSSR count). The van der Waals surface area contributed by atoms with Crippen LogP contribution in [0, 0.1) is 0 Å². The third-order valence-electron chi connectivity index (χ3n) is 5.28. The van der Waals surface area contributed by atoms with Gasteiger partial charge in [-0.1, -0.05) is 36.4 Å². The van der Waals surface area contributed by atoms with Gasteiger partial charge in [0.25, 0.3) is 0 Å². The Morgan fingerprint density at radius 3 is 2.20 bits per heavy atom. The van der Waals surface area contributed by atoms with E-state index in [9.17, 15) is 4.79 Å². The maximum absolute atomic E-state index is 12.1. The molecule has 4 nitrogen and oxygen atoms in total. The number of rotatable bonds is 5. The van der Waals surface area contributed by atoms with Crippen LogP contribution < -0.4 is 9.64 Å². The first-order valence-corrected chi connectivity index (χ1v) is 9.70. The van der Waals surface area contributed by atoms with E-state index in [1.165, 1.54) is 7.11 Å². The van der Waals surface area contributed by atoms with Crippen molar-refractivity contribution in [3.05, 3.63) is 90.5 Å². The van der Waals surface area contributed by atoms with E-state index in [0.717, 1.165) is 39.0 Å². The second-order valence-electron chi connectivity index (χ2n) is 7.05. The number of carbonyl (C=O) groups excluding carboxylic acids is 1. The van der Waals surface area contributed by atoms with Gasteiger partial charge in [0, 0.05) is 23.8 Å². The predicted molar refractivity (Wildman–Crippen MR) is 122 cm³/mol. The minimum atomic E-state index is -0.343. The van der Waals surface area contributed by atoms with Crippen LogP contribution in [-0.4, -0.2) is 27.2 Å². The summed E-state index contributed by atoms with van der Waals surface area (Å²) in [6.45, 7) is 0. The second kappa shape index (κ2) is 8.29. The highest BCUT2D eigenvalue weighted by atomic mass is 16.5. The molecule has 0 heterocycles. The molecule has 0 aromatic heterocycles. The lowest BCUT2D eigenvalue weighted by atomic mass is 9.97. The SMILES string of the molecule is COC(=O)c1ccc2c(N(C)c3ccccc3)cc(-c3ccc(OC)cc3)cc2c1. The predicted octanol–water partition coefficient (Wildman–Crippen LogP) is 6.07. The molecule has 4 aromatic carbocycles. The molecule has 0 N–H and O–H groups in total. The van der Waals surface area contributed by atoms with Crippen LogP contribution in [0.25, 0.3) is 21.9 Å². The summed E-state index contributed by atoms with van der Waals surface area (Å²) in [6.07, 6.45) is 0. The molecule has 0 unspecified atom stereocenters. The summed E-state index contributed by atoms with van der Waals surface area (Å²) in [5.74, 6) is 0.471. The molecule has 0 fully saturated rings. The van der Waals surface area contributed by atoms with Gasteiger partial charge in [-0.05, 0) is 65.0 Å². The van der Waals surface area contributed by atoms with Crippen LogP contribution >= 0.6 is 0 Å². The van der Waals surface area contributed by atoms with Gasteiger partial charge >= 0.3 is 5.97 Å². The third kappa shape index (κ3) is 3.72. The van der Waals surface area contributed by atoms with E-state index in [1.54, 1.807) is 7.11 Å². The van der Waals surface area contributed by atoms with Crippen molar-refractivity contribution in [3.63, 3.8) is 0 Å². The Hall–Kier alpha value is -3.79. The maximum Gasteiger partial charge on any atom is 0.337 e. The van der Waals surface area contributed by atoms with Crippen LogP contribution in [0.15, 0.2) is 84.9 Å². The van der Waals surface area contributed by atoms with Gasteiger partial charge in [-0.25, -0.2) is 4.79 Å². The number of nitrogens with zero attached hydrogens (tertiary/aromatic N) is 1. The number of benzene rings is 4. The number of fused-ring (bicyclic) bond motifs is 1. The Balaban J connectivity index is 1.92. The lowest BCUT2D eigenvalue weighted by molar-refractivity contribution is 0.0601. The smallest absolute Gasteiger partial charge is 0.337 e. The number of methoxy groups -OCH3 is 2. The molecule has 4 heteroatoms. The molecular weight excluding hydrogens is 374 g/mol. The summed E-state index contributed by atoms with van der Waals surface area (Å²) in [5.41, 5.74) is 4.81. The fourth-order valence-electron chi connectivity index (χ4n) is 3.61. The van der Waals surface area contributed by atoms with E-state index >= 15 is 0 Å². The van der Waals surface area contributed by atoms with Crippen LogP contribution in [0.2, 0.25) is 0 Å². The summed E-state index contributed by atoms with van der Waals surface area (Å²) in [4.78, 5) is 14.2. The average Bonchev–Trinajstić information content (AvgIpc) is 2.82. The Morgan fingerprint density at radius 2 is 1.53 bits per heavy atom. The van der Waals surface area contributed by atoms with Gasteiger partial charge < -0.3 is 14.4 Å². The standard InChI is InChI=1S/C26H23NO3/c1-27(22-7-5-4-6-8-22)25-17-20(18-9-12-23(29-2)13-10-18)16-21-15-19(26(28)30-3)11-14-24(21)25/h4-17H,1-3H3. The second-order valence-corrected chi connectivity index (χ2v) is 7.05. The van der Waals surface area contributed by atoms with E-state index < -0.39 is 0 Å². The van der Waals surface area contributed by atoms with Crippen molar-refractivity contribution in [1.82, 2.24) is 0 Å². The first-order valence-electron chi connectivity index (χ1n) is 9.70. The number of carbonyl (C=O) groups is 1. The zero-order valence-corrected chi connectivity index (χ0v) is 17.3. The van der Waals surface area contributed by atoms with Gasteiger partial charge in [0.2, 0.25) is 0 Å². The summed E-state index contributed by atoms with van der Waals surface area (Å²) in [6, 6.07) is 28.1. The molecule has 0 aliphatic heterocycles. The van der Waals surface area contributed by atoms with Crippen LogP contribution in [0.5, 0.6) is 5.75 Å². The quantitative estimate of drug-likeness (QED) is 0.383. The topological polar surface area (TPSA) is 38.8 Å². The zero-order chi connectivity index (χ0) is 21.1. The van der Waals surface area contributed by atoms with E-state index in [1.807, 2.05) is 60.7 Å². The number of anilines is 2. The number of hydrogen-bond acceptors (Lipinski definition) is 4. The van der Waals surface area contributed by atoms with Gasteiger partial charge in [0.15, 0.2) is 0 Å². The van der Waals surface area contributed by atoms with Gasteiger partial charge in [-0.15, -0.1) is 0 Å². The summed E-state index contributed by atoms with van der Waals surface area (Å²) in [7, 11) is 5.11. The molecule has 0 saturated carbocycles. The monoisotopic (exact) mass is 397 g/mol. The molecule has 0 bridgehead atoms. The fraction of sp³-hybridized carbons (Fsp3) is 0.115. The van der Waals surface area contributed by atoms with Crippen LogP contribution in [-0.2, 0) is 4.74 Å². The van der Waals surface area contributed by atoms with Crippen molar-refractivity contribution in [2.45, 2.75) is 0 Å². The molecular formula is C26H23NO3. The van der Waals surface area contributed by atoms with E-state index in [-0.39, 0.29) is 5.97 Å². The van der Waals surface area contributed by atoms with E-state index in [2.05, 4.69) is 36.2 Å². The number of hydrogen-bond donors (Lipinski definition) is 0. The fourth-order valence-corrected chi connectivity index (χ4v) is 3.61. The zero-order valence-electron chi connectivity index (χ0n) is 17.3. The minimum absolute atomic E-state index is 0.343. The highest BCUT2D eigenvalue weighted by Crippen LogP contribution is 2.36. The summed E-state index contributed by atoms with van der Waals surface area (Å²) < 4.78 is 10.2. The first-order chi connectivity index (χ1) is 14.6. The van der Waals surface area contributed by atoms with Gasteiger partial charge in [-0.2, -0.15) is 0 Å². The largest absolute Gasteiger partial charge is 0.497 e. The molecule has 0 atom stereocenters. The van der Waals surface area contributed by atoms with Crippen molar-refractivity contribution >= 4 is 28.1 Å². The Labute approximate surface area is 176 Å². The van der Waals surface area contributed by atoms with Crippen LogP contribution in [0.1, 0.15) is 10.4 Å². The van der Waals surface area contributed by atoms with Crippen molar-refractivity contribution in [2.24, 2.45) is 0 Å². The Kier molecular flexibility index (Phi) is 5.40. The maximum atomic E-state index is 12.1. The van der Waals surface area contributed by atoms with Crippen LogP contribution in [0.3, 0.4) is 0 Å². The molecule has 0 radical (unpaired) electrons. The Morgan fingerprint density at radius 1 is 0.800 bits per heavy atom. The van der Waals surface area contributed by atoms with Gasteiger partial charge in [-0.3, -0.25) is 0 Å². The molecule has 0 spiro atoms. The molecule has 0 aliphatic rings.